The van der Waals surface area contributed by atoms with Gasteiger partial charge in [0, 0.05) is 17.4 Å². The standard InChI is InChI=1S/C22H20ClN3O4/c1-12-24-21-20(22(28)25-12)16(10-19(27)26-21)14-6-7-17(18(9-14)29-2)30-11-13-4-3-5-15(23)8-13/h3-9,16H,10-11H2,1-2H3,(H2,24,25,26,27,28)/t16-/m1/s1. The third-order valence-corrected chi connectivity index (χ3v) is 5.18. The van der Waals surface area contributed by atoms with Crippen molar-refractivity contribution < 1.29 is 14.3 Å². The van der Waals surface area contributed by atoms with Gasteiger partial charge < -0.3 is 19.8 Å². The van der Waals surface area contributed by atoms with Crippen LogP contribution in [0, 0.1) is 6.92 Å². The number of amides is 1. The molecule has 0 aliphatic carbocycles. The van der Waals surface area contributed by atoms with Crippen LogP contribution in [0.1, 0.15) is 34.9 Å². The Hall–Kier alpha value is -3.32. The molecule has 0 radical (unpaired) electrons. The van der Waals surface area contributed by atoms with Crippen LogP contribution in [0.5, 0.6) is 11.5 Å². The van der Waals surface area contributed by atoms with Gasteiger partial charge in [0.15, 0.2) is 11.5 Å². The normalized spacial score (nSPS) is 15.3. The molecule has 154 valence electrons. The number of rotatable bonds is 5. The largest absolute Gasteiger partial charge is 0.493 e. The lowest BCUT2D eigenvalue weighted by Gasteiger charge is -2.25. The second-order valence-electron chi connectivity index (χ2n) is 7.05. The number of carbonyl (C=O) groups is 1. The molecule has 8 heteroatoms. The molecule has 0 fully saturated rings. The van der Waals surface area contributed by atoms with Crippen LogP contribution in [0.4, 0.5) is 5.82 Å². The molecule has 2 N–H and O–H groups in total. The van der Waals surface area contributed by atoms with Crippen molar-refractivity contribution in [1.82, 2.24) is 9.97 Å². The Morgan fingerprint density at radius 2 is 2.00 bits per heavy atom. The Morgan fingerprint density at radius 1 is 1.17 bits per heavy atom. The summed E-state index contributed by atoms with van der Waals surface area (Å²) in [6, 6.07) is 12.8. The molecular weight excluding hydrogens is 406 g/mol. The van der Waals surface area contributed by atoms with Crippen LogP contribution in [-0.4, -0.2) is 23.0 Å². The number of aryl methyl sites for hydroxylation is 1. The quantitative estimate of drug-likeness (QED) is 0.648. The molecule has 3 aromatic rings. The van der Waals surface area contributed by atoms with Gasteiger partial charge in [-0.3, -0.25) is 9.59 Å². The molecule has 1 aliphatic heterocycles. The molecule has 4 rings (SSSR count). The molecule has 2 aromatic carbocycles. The summed E-state index contributed by atoms with van der Waals surface area (Å²) < 4.78 is 11.4. The topological polar surface area (TPSA) is 93.3 Å². The summed E-state index contributed by atoms with van der Waals surface area (Å²) in [7, 11) is 1.55. The van der Waals surface area contributed by atoms with Crippen LogP contribution in [-0.2, 0) is 11.4 Å². The van der Waals surface area contributed by atoms with Gasteiger partial charge in [0.1, 0.15) is 18.2 Å². The first-order valence-electron chi connectivity index (χ1n) is 9.40. The fourth-order valence-electron chi connectivity index (χ4n) is 3.58. The maximum atomic E-state index is 12.6. The predicted molar refractivity (Wildman–Crippen MR) is 113 cm³/mol. The zero-order valence-corrected chi connectivity index (χ0v) is 17.2. The molecule has 1 atom stereocenters. The van der Waals surface area contributed by atoms with Gasteiger partial charge in [-0.1, -0.05) is 29.8 Å². The van der Waals surface area contributed by atoms with Crippen LogP contribution >= 0.6 is 11.6 Å². The molecule has 1 amide bonds. The highest BCUT2D eigenvalue weighted by atomic mass is 35.5. The van der Waals surface area contributed by atoms with E-state index in [1.807, 2.05) is 24.3 Å². The number of methoxy groups -OCH3 is 1. The summed E-state index contributed by atoms with van der Waals surface area (Å²) in [5, 5.41) is 3.33. The highest BCUT2D eigenvalue weighted by Crippen LogP contribution is 2.38. The summed E-state index contributed by atoms with van der Waals surface area (Å²) in [5.74, 6) is 1.20. The monoisotopic (exact) mass is 425 g/mol. The molecule has 0 saturated heterocycles. The van der Waals surface area contributed by atoms with Gasteiger partial charge in [0.05, 0.1) is 12.7 Å². The van der Waals surface area contributed by atoms with Crippen LogP contribution in [0.15, 0.2) is 47.3 Å². The summed E-state index contributed by atoms with van der Waals surface area (Å²) >= 11 is 6.02. The number of benzene rings is 2. The van der Waals surface area contributed by atoms with Crippen molar-refractivity contribution in [1.29, 1.82) is 0 Å². The van der Waals surface area contributed by atoms with E-state index in [2.05, 4.69) is 15.3 Å². The first kappa shape index (κ1) is 20.0. The molecule has 0 bridgehead atoms. The van der Waals surface area contributed by atoms with E-state index in [-0.39, 0.29) is 17.9 Å². The Labute approximate surface area is 178 Å². The van der Waals surface area contributed by atoms with Crippen molar-refractivity contribution in [2.24, 2.45) is 0 Å². The van der Waals surface area contributed by atoms with Crippen molar-refractivity contribution in [3.63, 3.8) is 0 Å². The highest BCUT2D eigenvalue weighted by Gasteiger charge is 2.31. The van der Waals surface area contributed by atoms with Crippen LogP contribution in [0.3, 0.4) is 0 Å². The average molecular weight is 426 g/mol. The van der Waals surface area contributed by atoms with E-state index in [0.717, 1.165) is 11.1 Å². The Morgan fingerprint density at radius 3 is 2.77 bits per heavy atom. The smallest absolute Gasteiger partial charge is 0.256 e. The van der Waals surface area contributed by atoms with Crippen molar-refractivity contribution in [3.05, 3.63) is 80.4 Å². The van der Waals surface area contributed by atoms with Gasteiger partial charge in [-0.2, -0.15) is 0 Å². The molecule has 2 heterocycles. The zero-order chi connectivity index (χ0) is 21.3. The first-order valence-corrected chi connectivity index (χ1v) is 9.78. The third-order valence-electron chi connectivity index (χ3n) is 4.94. The van der Waals surface area contributed by atoms with Crippen LogP contribution in [0.25, 0.3) is 0 Å². The van der Waals surface area contributed by atoms with E-state index in [4.69, 9.17) is 21.1 Å². The van der Waals surface area contributed by atoms with Gasteiger partial charge in [-0.05, 0) is 42.3 Å². The lowest BCUT2D eigenvalue weighted by atomic mass is 9.86. The summed E-state index contributed by atoms with van der Waals surface area (Å²) in [6.07, 6.45) is 0.146. The van der Waals surface area contributed by atoms with Crippen LogP contribution in [0.2, 0.25) is 5.02 Å². The molecule has 0 spiro atoms. The van der Waals surface area contributed by atoms with E-state index in [0.29, 0.717) is 40.3 Å². The number of ether oxygens (including phenoxy) is 2. The molecule has 30 heavy (non-hydrogen) atoms. The van der Waals surface area contributed by atoms with Crippen molar-refractivity contribution in [3.8, 4) is 11.5 Å². The summed E-state index contributed by atoms with van der Waals surface area (Å²) in [6.45, 7) is 2.00. The number of aromatic amines is 1. The molecule has 7 nitrogen and oxygen atoms in total. The van der Waals surface area contributed by atoms with Crippen molar-refractivity contribution in [2.75, 3.05) is 12.4 Å². The number of carbonyl (C=O) groups excluding carboxylic acids is 1. The molecule has 0 unspecified atom stereocenters. The second kappa shape index (κ2) is 8.20. The lowest BCUT2D eigenvalue weighted by Crippen LogP contribution is -2.31. The number of hydrogen-bond donors (Lipinski definition) is 2. The van der Waals surface area contributed by atoms with Gasteiger partial charge >= 0.3 is 0 Å². The fourth-order valence-corrected chi connectivity index (χ4v) is 3.79. The minimum Gasteiger partial charge on any atom is -0.493 e. The van der Waals surface area contributed by atoms with Gasteiger partial charge in [-0.15, -0.1) is 0 Å². The zero-order valence-electron chi connectivity index (χ0n) is 16.5. The van der Waals surface area contributed by atoms with E-state index in [1.54, 1.807) is 32.2 Å². The minimum absolute atomic E-state index is 0.146. The number of hydrogen-bond acceptors (Lipinski definition) is 5. The molecular formula is C22H20ClN3O4. The fraction of sp³-hybridized carbons (Fsp3) is 0.227. The maximum Gasteiger partial charge on any atom is 0.256 e. The Balaban J connectivity index is 1.65. The van der Waals surface area contributed by atoms with E-state index in [9.17, 15) is 9.59 Å². The summed E-state index contributed by atoms with van der Waals surface area (Å²) in [4.78, 5) is 31.8. The molecule has 1 aromatic heterocycles. The van der Waals surface area contributed by atoms with Crippen molar-refractivity contribution >= 4 is 23.3 Å². The average Bonchev–Trinajstić information content (AvgIpc) is 2.71. The minimum atomic E-state index is -0.429. The van der Waals surface area contributed by atoms with Crippen LogP contribution < -0.4 is 20.3 Å². The predicted octanol–water partition coefficient (Wildman–Crippen LogP) is 3.79. The van der Waals surface area contributed by atoms with E-state index in [1.165, 1.54) is 0 Å². The number of nitrogens with zero attached hydrogens (tertiary/aromatic N) is 1. The van der Waals surface area contributed by atoms with Gasteiger partial charge in [0.25, 0.3) is 5.56 Å². The highest BCUT2D eigenvalue weighted by molar-refractivity contribution is 6.30. The number of H-pyrrole nitrogens is 1. The number of nitrogens with one attached hydrogen (secondary N) is 2. The molecule has 1 aliphatic rings. The van der Waals surface area contributed by atoms with Crippen molar-refractivity contribution in [2.45, 2.75) is 25.9 Å². The lowest BCUT2D eigenvalue weighted by molar-refractivity contribution is -0.116. The molecule has 0 saturated carbocycles. The number of anilines is 1. The number of halogens is 1. The SMILES string of the molecule is COc1cc([C@H]2CC(=O)Nc3nc(C)[nH]c(=O)c32)ccc1OCc1cccc(Cl)c1. The van der Waals surface area contributed by atoms with E-state index < -0.39 is 5.92 Å². The summed E-state index contributed by atoms with van der Waals surface area (Å²) in [5.41, 5.74) is 1.88. The first-order chi connectivity index (χ1) is 14.4. The second-order valence-corrected chi connectivity index (χ2v) is 7.48. The number of aromatic nitrogens is 2. The third kappa shape index (κ3) is 4.02. The Kier molecular flexibility index (Phi) is 5.46. The number of fused-ring (bicyclic) bond motifs is 1. The van der Waals surface area contributed by atoms with E-state index >= 15 is 0 Å². The van der Waals surface area contributed by atoms with Gasteiger partial charge in [-0.25, -0.2) is 4.98 Å². The maximum absolute atomic E-state index is 12.6. The Bertz CT molecular complexity index is 1180. The van der Waals surface area contributed by atoms with Gasteiger partial charge in [0.2, 0.25) is 5.91 Å².